The Hall–Kier alpha value is -5.89. The molecule has 0 radical (unpaired) electrons. The molecular weight excluding hydrogens is 578 g/mol. The smallest absolute Gasteiger partial charge is 0.322 e. The van der Waals surface area contributed by atoms with Crippen LogP contribution >= 0.6 is 0 Å². The molecule has 0 saturated carbocycles. The monoisotopic (exact) mass is 613 g/mol. The van der Waals surface area contributed by atoms with E-state index < -0.39 is 5.97 Å². The number of carbonyl (C=O) groups is 3. The quantitative estimate of drug-likeness (QED) is 0.127. The Balaban J connectivity index is 1.35. The molecule has 46 heavy (non-hydrogen) atoms. The van der Waals surface area contributed by atoms with Gasteiger partial charge in [-0.25, -0.2) is 4.79 Å². The van der Waals surface area contributed by atoms with Crippen molar-refractivity contribution >= 4 is 23.6 Å². The van der Waals surface area contributed by atoms with Gasteiger partial charge in [-0.15, -0.1) is 0 Å². The number of hydrogen-bond donors (Lipinski definition) is 3. The highest BCUT2D eigenvalue weighted by atomic mass is 16.5. The highest BCUT2D eigenvalue weighted by Crippen LogP contribution is 2.28. The van der Waals surface area contributed by atoms with E-state index in [9.17, 15) is 14.4 Å². The average Bonchev–Trinajstić information content (AvgIpc) is 3.09. The summed E-state index contributed by atoms with van der Waals surface area (Å²) in [5.74, 6) is -0.0392. The Kier molecular flexibility index (Phi) is 10.8. The SMILES string of the molecule is O=C(O)CCNC(=O)c1ccc(CN(CC(c2ccccc2)c2ccccc2)C(=O)Nc2ccc(Oc3ccccc3)cc2)cc1. The Morgan fingerprint density at radius 3 is 1.78 bits per heavy atom. The molecule has 5 aromatic carbocycles. The molecule has 5 aromatic rings. The molecule has 0 spiro atoms. The molecule has 0 aliphatic carbocycles. The third kappa shape index (κ3) is 9.06. The first-order chi connectivity index (χ1) is 22.4. The summed E-state index contributed by atoms with van der Waals surface area (Å²) in [6.45, 7) is 0.730. The first-order valence-electron chi connectivity index (χ1n) is 15.0. The van der Waals surface area contributed by atoms with Gasteiger partial charge >= 0.3 is 12.0 Å². The minimum atomic E-state index is -0.977. The third-order valence-corrected chi connectivity index (χ3v) is 7.39. The van der Waals surface area contributed by atoms with E-state index in [4.69, 9.17) is 9.84 Å². The van der Waals surface area contributed by atoms with Gasteiger partial charge in [0.25, 0.3) is 5.91 Å². The number of urea groups is 1. The Morgan fingerprint density at radius 1 is 0.674 bits per heavy atom. The van der Waals surface area contributed by atoms with E-state index in [1.54, 1.807) is 29.2 Å². The predicted octanol–water partition coefficient (Wildman–Crippen LogP) is 7.55. The minimum Gasteiger partial charge on any atom is -0.481 e. The molecule has 232 valence electrons. The summed E-state index contributed by atoms with van der Waals surface area (Å²) in [6.07, 6.45) is -0.152. The Labute approximate surface area is 268 Å². The van der Waals surface area contributed by atoms with Crippen LogP contribution in [0.5, 0.6) is 11.5 Å². The van der Waals surface area contributed by atoms with Crippen molar-refractivity contribution in [3.05, 3.63) is 162 Å². The van der Waals surface area contributed by atoms with Crippen LogP contribution in [0.15, 0.2) is 140 Å². The molecule has 3 amide bonds. The third-order valence-electron chi connectivity index (χ3n) is 7.39. The summed E-state index contributed by atoms with van der Waals surface area (Å²) in [7, 11) is 0. The van der Waals surface area contributed by atoms with Crippen LogP contribution in [0.1, 0.15) is 39.4 Å². The molecule has 8 nitrogen and oxygen atoms in total. The van der Waals surface area contributed by atoms with Crippen LogP contribution in [0.25, 0.3) is 0 Å². The number of anilines is 1. The average molecular weight is 614 g/mol. The van der Waals surface area contributed by atoms with Crippen molar-refractivity contribution in [1.29, 1.82) is 0 Å². The van der Waals surface area contributed by atoms with E-state index >= 15 is 0 Å². The van der Waals surface area contributed by atoms with Gasteiger partial charge in [-0.05, 0) is 65.2 Å². The number of nitrogens with zero attached hydrogens (tertiary/aromatic N) is 1. The maximum absolute atomic E-state index is 13.9. The Bertz CT molecular complexity index is 1670. The van der Waals surface area contributed by atoms with Crippen LogP contribution in [0, 0.1) is 0 Å². The van der Waals surface area contributed by atoms with Gasteiger partial charge in [-0.3, -0.25) is 9.59 Å². The lowest BCUT2D eigenvalue weighted by Gasteiger charge is -2.29. The molecular formula is C38H35N3O5. The van der Waals surface area contributed by atoms with Crippen molar-refractivity contribution in [3.8, 4) is 11.5 Å². The molecule has 5 rings (SSSR count). The number of nitrogens with one attached hydrogen (secondary N) is 2. The first-order valence-corrected chi connectivity index (χ1v) is 15.0. The van der Waals surface area contributed by atoms with Crippen LogP contribution in [-0.2, 0) is 11.3 Å². The maximum atomic E-state index is 13.9. The number of ether oxygens (including phenoxy) is 1. The number of para-hydroxylation sites is 1. The van der Waals surface area contributed by atoms with Gasteiger partial charge in [0.2, 0.25) is 0 Å². The zero-order chi connectivity index (χ0) is 32.1. The maximum Gasteiger partial charge on any atom is 0.322 e. The zero-order valence-electron chi connectivity index (χ0n) is 25.2. The molecule has 0 aromatic heterocycles. The van der Waals surface area contributed by atoms with E-state index in [0.29, 0.717) is 23.5 Å². The second-order valence-corrected chi connectivity index (χ2v) is 10.7. The van der Waals surface area contributed by atoms with E-state index in [1.807, 2.05) is 91.0 Å². The van der Waals surface area contributed by atoms with E-state index in [1.165, 1.54) is 0 Å². The molecule has 0 saturated heterocycles. The normalized spacial score (nSPS) is 10.6. The van der Waals surface area contributed by atoms with E-state index in [0.717, 1.165) is 22.4 Å². The number of rotatable bonds is 13. The van der Waals surface area contributed by atoms with Gasteiger partial charge in [0.1, 0.15) is 11.5 Å². The zero-order valence-corrected chi connectivity index (χ0v) is 25.2. The summed E-state index contributed by atoms with van der Waals surface area (Å²) in [5.41, 5.74) is 4.04. The standard InChI is InChI=1S/C38H35N3O5/c42-36(43)24-25-39-37(44)31-18-16-28(17-19-31)26-41(27-35(29-10-4-1-5-11-29)30-12-6-2-7-13-30)38(45)40-32-20-22-34(23-21-32)46-33-14-8-3-9-15-33/h1-23,35H,24-27H2,(H,39,44)(H,40,45)(H,42,43). The van der Waals surface area contributed by atoms with Crippen molar-refractivity contribution < 1.29 is 24.2 Å². The summed E-state index contributed by atoms with van der Waals surface area (Å²) in [5, 5.41) is 14.5. The summed E-state index contributed by atoms with van der Waals surface area (Å²) in [4.78, 5) is 38.9. The summed E-state index contributed by atoms with van der Waals surface area (Å²) in [6, 6.07) is 43.6. The number of carbonyl (C=O) groups excluding carboxylic acids is 2. The molecule has 0 atom stereocenters. The number of amides is 3. The van der Waals surface area contributed by atoms with Crippen LogP contribution in [0.2, 0.25) is 0 Å². The fourth-order valence-electron chi connectivity index (χ4n) is 5.01. The number of hydrogen-bond acceptors (Lipinski definition) is 4. The molecule has 3 N–H and O–H groups in total. The Morgan fingerprint density at radius 2 is 1.22 bits per heavy atom. The van der Waals surface area contributed by atoms with Gasteiger partial charge in [-0.2, -0.15) is 0 Å². The van der Waals surface area contributed by atoms with E-state index in [-0.39, 0.29) is 37.4 Å². The minimum absolute atomic E-state index is 0.0452. The fraction of sp³-hybridized carbons (Fsp3) is 0.132. The molecule has 0 fully saturated rings. The molecule has 8 heteroatoms. The summed E-state index contributed by atoms with van der Waals surface area (Å²) >= 11 is 0. The van der Waals surface area contributed by atoms with Crippen molar-refractivity contribution in [2.75, 3.05) is 18.4 Å². The van der Waals surface area contributed by atoms with Gasteiger partial charge in [0.15, 0.2) is 0 Å². The van der Waals surface area contributed by atoms with Crippen LogP contribution in [-0.4, -0.2) is 41.0 Å². The molecule has 0 unspecified atom stereocenters. The highest BCUT2D eigenvalue weighted by Gasteiger charge is 2.23. The second-order valence-electron chi connectivity index (χ2n) is 10.7. The van der Waals surface area contributed by atoms with Gasteiger partial charge in [0.05, 0.1) is 6.42 Å². The molecule has 0 aliphatic rings. The van der Waals surface area contributed by atoms with Crippen molar-refractivity contribution in [2.24, 2.45) is 0 Å². The number of carboxylic acid groups (broad SMARTS) is 1. The molecule has 0 heterocycles. The first kappa shape index (κ1) is 31.5. The largest absolute Gasteiger partial charge is 0.481 e. The highest BCUT2D eigenvalue weighted by molar-refractivity contribution is 5.94. The molecule has 0 bridgehead atoms. The predicted molar refractivity (Wildman–Crippen MR) is 178 cm³/mol. The van der Waals surface area contributed by atoms with Crippen LogP contribution in [0.4, 0.5) is 10.5 Å². The van der Waals surface area contributed by atoms with Crippen molar-refractivity contribution in [3.63, 3.8) is 0 Å². The lowest BCUT2D eigenvalue weighted by atomic mass is 9.90. The lowest BCUT2D eigenvalue weighted by Crippen LogP contribution is -2.37. The fourth-order valence-corrected chi connectivity index (χ4v) is 5.01. The van der Waals surface area contributed by atoms with Crippen molar-refractivity contribution in [1.82, 2.24) is 10.2 Å². The number of benzene rings is 5. The van der Waals surface area contributed by atoms with E-state index in [2.05, 4.69) is 34.9 Å². The second kappa shape index (κ2) is 15.7. The van der Waals surface area contributed by atoms with Gasteiger partial charge in [-0.1, -0.05) is 91.0 Å². The van der Waals surface area contributed by atoms with Crippen molar-refractivity contribution in [2.45, 2.75) is 18.9 Å². The number of aliphatic carboxylic acids is 1. The van der Waals surface area contributed by atoms with Gasteiger partial charge in [0, 0.05) is 36.8 Å². The van der Waals surface area contributed by atoms with Crippen LogP contribution < -0.4 is 15.4 Å². The van der Waals surface area contributed by atoms with Crippen LogP contribution in [0.3, 0.4) is 0 Å². The summed E-state index contributed by atoms with van der Waals surface area (Å²) < 4.78 is 5.90. The number of carboxylic acids is 1. The molecule has 0 aliphatic heterocycles. The van der Waals surface area contributed by atoms with Gasteiger partial charge < -0.3 is 25.4 Å². The lowest BCUT2D eigenvalue weighted by molar-refractivity contribution is -0.136. The topological polar surface area (TPSA) is 108 Å².